The predicted molar refractivity (Wildman–Crippen MR) is 55.1 cm³/mol. The molecule has 0 aromatic heterocycles. The third kappa shape index (κ3) is 3.11. The summed E-state index contributed by atoms with van der Waals surface area (Å²) in [7, 11) is 0. The second kappa shape index (κ2) is 4.75. The summed E-state index contributed by atoms with van der Waals surface area (Å²) in [6.45, 7) is 3.27. The van der Waals surface area contributed by atoms with Crippen molar-refractivity contribution in [2.24, 2.45) is 0 Å². The number of nitro benzene ring substituents is 1. The van der Waals surface area contributed by atoms with Gasteiger partial charge in [0.1, 0.15) is 0 Å². The summed E-state index contributed by atoms with van der Waals surface area (Å²) in [5.41, 5.74) is 5.44. The number of carbonyl (C=O) groups is 1. The van der Waals surface area contributed by atoms with Crippen molar-refractivity contribution >= 4 is 17.3 Å². The Labute approximate surface area is 85.7 Å². The van der Waals surface area contributed by atoms with Crippen LogP contribution in [0.5, 0.6) is 0 Å². The Morgan fingerprint density at radius 1 is 1.40 bits per heavy atom. The standard InChI is InChI=1S/C9H9N3O3/c1-2-9(13)11-10-7-3-5-8(6-4-7)12(14)15/h2-6,10H,1H2,(H,11,13). The van der Waals surface area contributed by atoms with Crippen molar-refractivity contribution in [3.05, 3.63) is 47.0 Å². The fraction of sp³-hybridized carbons (Fsp3) is 0. The first-order chi connectivity index (χ1) is 7.13. The van der Waals surface area contributed by atoms with Crippen LogP contribution in [-0.4, -0.2) is 10.8 Å². The van der Waals surface area contributed by atoms with Gasteiger partial charge in [-0.15, -0.1) is 0 Å². The third-order valence-corrected chi connectivity index (χ3v) is 1.59. The molecule has 0 bridgehead atoms. The van der Waals surface area contributed by atoms with Crippen LogP contribution < -0.4 is 10.9 Å². The molecule has 2 N–H and O–H groups in total. The number of nitrogens with zero attached hydrogens (tertiary/aromatic N) is 1. The molecule has 6 heteroatoms. The van der Waals surface area contributed by atoms with E-state index in [2.05, 4.69) is 17.4 Å². The van der Waals surface area contributed by atoms with Crippen LogP contribution in [0.2, 0.25) is 0 Å². The van der Waals surface area contributed by atoms with Crippen molar-refractivity contribution in [2.75, 3.05) is 5.43 Å². The molecule has 0 saturated heterocycles. The van der Waals surface area contributed by atoms with E-state index in [0.29, 0.717) is 5.69 Å². The molecule has 15 heavy (non-hydrogen) atoms. The Bertz CT molecular complexity index is 386. The number of nitro groups is 1. The summed E-state index contributed by atoms with van der Waals surface area (Å²) in [6, 6.07) is 5.65. The molecule has 0 aliphatic carbocycles. The SMILES string of the molecule is C=CC(=O)NNc1ccc([N+](=O)[O-])cc1. The molecule has 0 atom stereocenters. The molecule has 0 fully saturated rings. The van der Waals surface area contributed by atoms with E-state index in [1.807, 2.05) is 0 Å². The largest absolute Gasteiger partial charge is 0.298 e. The zero-order valence-corrected chi connectivity index (χ0v) is 7.77. The van der Waals surface area contributed by atoms with E-state index < -0.39 is 4.92 Å². The van der Waals surface area contributed by atoms with Crippen LogP contribution in [-0.2, 0) is 4.79 Å². The first kappa shape index (κ1) is 10.7. The lowest BCUT2D eigenvalue weighted by Crippen LogP contribution is -2.27. The average molecular weight is 207 g/mol. The Morgan fingerprint density at radius 2 is 2.00 bits per heavy atom. The van der Waals surface area contributed by atoms with E-state index in [1.54, 1.807) is 0 Å². The summed E-state index contributed by atoms with van der Waals surface area (Å²) in [5.74, 6) is -0.381. The van der Waals surface area contributed by atoms with Crippen molar-refractivity contribution in [2.45, 2.75) is 0 Å². The molecule has 0 aliphatic heterocycles. The van der Waals surface area contributed by atoms with Gasteiger partial charge in [-0.25, -0.2) is 0 Å². The van der Waals surface area contributed by atoms with Crippen LogP contribution >= 0.6 is 0 Å². The number of carbonyl (C=O) groups excluding carboxylic acids is 1. The minimum Gasteiger partial charge on any atom is -0.298 e. The van der Waals surface area contributed by atoms with Gasteiger partial charge in [0.25, 0.3) is 11.6 Å². The quantitative estimate of drug-likeness (QED) is 0.441. The van der Waals surface area contributed by atoms with Crippen LogP contribution in [0.4, 0.5) is 11.4 Å². The van der Waals surface area contributed by atoms with Crippen LogP contribution in [0.15, 0.2) is 36.9 Å². The summed E-state index contributed by atoms with van der Waals surface area (Å²) in [5, 5.41) is 10.3. The van der Waals surface area contributed by atoms with Gasteiger partial charge in [0, 0.05) is 12.1 Å². The van der Waals surface area contributed by atoms with Crippen molar-refractivity contribution in [3.8, 4) is 0 Å². The maximum absolute atomic E-state index is 10.8. The molecular weight excluding hydrogens is 198 g/mol. The van der Waals surface area contributed by atoms with Gasteiger partial charge in [0.2, 0.25) is 0 Å². The number of non-ortho nitro benzene ring substituents is 1. The summed E-state index contributed by atoms with van der Waals surface area (Å²) >= 11 is 0. The van der Waals surface area contributed by atoms with Crippen molar-refractivity contribution in [1.82, 2.24) is 5.43 Å². The van der Waals surface area contributed by atoms with Crippen molar-refractivity contribution in [1.29, 1.82) is 0 Å². The number of benzene rings is 1. The number of nitrogens with one attached hydrogen (secondary N) is 2. The lowest BCUT2D eigenvalue weighted by Gasteiger charge is -2.05. The molecule has 0 spiro atoms. The zero-order valence-electron chi connectivity index (χ0n) is 7.77. The summed E-state index contributed by atoms with van der Waals surface area (Å²) in [6.07, 6.45) is 1.11. The molecule has 1 aromatic rings. The molecule has 1 rings (SSSR count). The molecule has 1 amide bonds. The van der Waals surface area contributed by atoms with Crippen LogP contribution in [0.25, 0.3) is 0 Å². The minimum absolute atomic E-state index is 0.00408. The lowest BCUT2D eigenvalue weighted by atomic mass is 10.3. The summed E-state index contributed by atoms with van der Waals surface area (Å²) in [4.78, 5) is 20.6. The van der Waals surface area contributed by atoms with Gasteiger partial charge >= 0.3 is 0 Å². The predicted octanol–water partition coefficient (Wildman–Crippen LogP) is 1.22. The molecule has 0 unspecified atom stereocenters. The second-order valence-electron chi connectivity index (χ2n) is 2.62. The van der Waals surface area contributed by atoms with Gasteiger partial charge in [-0.05, 0) is 18.2 Å². The fourth-order valence-corrected chi connectivity index (χ4v) is 0.851. The highest BCUT2D eigenvalue weighted by atomic mass is 16.6. The highest BCUT2D eigenvalue weighted by molar-refractivity contribution is 5.87. The first-order valence-corrected chi connectivity index (χ1v) is 4.06. The maximum atomic E-state index is 10.8. The van der Waals surface area contributed by atoms with Crippen LogP contribution in [0.1, 0.15) is 0 Å². The van der Waals surface area contributed by atoms with E-state index in [-0.39, 0.29) is 11.6 Å². The van der Waals surface area contributed by atoms with Crippen LogP contribution in [0.3, 0.4) is 0 Å². The van der Waals surface area contributed by atoms with Crippen molar-refractivity contribution in [3.63, 3.8) is 0 Å². The Hall–Kier alpha value is -2.37. The second-order valence-corrected chi connectivity index (χ2v) is 2.62. The van der Waals surface area contributed by atoms with E-state index >= 15 is 0 Å². The highest BCUT2D eigenvalue weighted by Crippen LogP contribution is 2.14. The number of anilines is 1. The molecule has 0 radical (unpaired) electrons. The molecule has 1 aromatic carbocycles. The molecule has 0 aliphatic rings. The Balaban J connectivity index is 2.60. The molecule has 0 saturated carbocycles. The van der Waals surface area contributed by atoms with E-state index in [9.17, 15) is 14.9 Å². The fourth-order valence-electron chi connectivity index (χ4n) is 0.851. The monoisotopic (exact) mass is 207 g/mol. The summed E-state index contributed by atoms with van der Waals surface area (Å²) < 4.78 is 0. The van der Waals surface area contributed by atoms with Gasteiger partial charge in [-0.3, -0.25) is 25.8 Å². The van der Waals surface area contributed by atoms with Crippen LogP contribution in [0, 0.1) is 10.1 Å². The number of hydrazine groups is 1. The molecule has 6 nitrogen and oxygen atoms in total. The minimum atomic E-state index is -0.494. The van der Waals surface area contributed by atoms with Gasteiger partial charge in [-0.2, -0.15) is 0 Å². The first-order valence-electron chi connectivity index (χ1n) is 4.06. The van der Waals surface area contributed by atoms with Gasteiger partial charge < -0.3 is 0 Å². The Morgan fingerprint density at radius 3 is 2.47 bits per heavy atom. The molecular formula is C9H9N3O3. The topological polar surface area (TPSA) is 84.3 Å². The number of amides is 1. The molecule has 78 valence electrons. The highest BCUT2D eigenvalue weighted by Gasteiger charge is 2.03. The average Bonchev–Trinajstić information content (AvgIpc) is 2.26. The third-order valence-electron chi connectivity index (χ3n) is 1.59. The van der Waals surface area contributed by atoms with Gasteiger partial charge in [0.05, 0.1) is 10.6 Å². The normalized spacial score (nSPS) is 9.07. The Kier molecular flexibility index (Phi) is 3.39. The van der Waals surface area contributed by atoms with E-state index in [0.717, 1.165) is 6.08 Å². The van der Waals surface area contributed by atoms with Gasteiger partial charge in [0.15, 0.2) is 0 Å². The van der Waals surface area contributed by atoms with E-state index in [1.165, 1.54) is 24.3 Å². The number of hydrogen-bond donors (Lipinski definition) is 2. The molecule has 0 heterocycles. The van der Waals surface area contributed by atoms with E-state index in [4.69, 9.17) is 0 Å². The lowest BCUT2D eigenvalue weighted by molar-refractivity contribution is -0.384. The smallest absolute Gasteiger partial charge is 0.269 e. The van der Waals surface area contributed by atoms with Crippen molar-refractivity contribution < 1.29 is 9.72 Å². The zero-order chi connectivity index (χ0) is 11.3. The number of hydrogen-bond acceptors (Lipinski definition) is 4. The number of rotatable bonds is 4. The maximum Gasteiger partial charge on any atom is 0.269 e. The van der Waals surface area contributed by atoms with Gasteiger partial charge in [-0.1, -0.05) is 6.58 Å².